The van der Waals surface area contributed by atoms with Gasteiger partial charge in [0, 0.05) is 0 Å². The maximum Gasteiger partial charge on any atom is 0.0829 e. The van der Waals surface area contributed by atoms with E-state index in [2.05, 4.69) is 17.9 Å². The Morgan fingerprint density at radius 2 is 1.33 bits per heavy atom. The number of aliphatic hydroxyl groups excluding tert-OH is 2. The van der Waals surface area contributed by atoms with Crippen molar-refractivity contribution in [1.29, 1.82) is 0 Å². The molecule has 0 aromatic carbocycles. The van der Waals surface area contributed by atoms with Gasteiger partial charge in [0.15, 0.2) is 0 Å². The zero-order valence-electron chi connectivity index (χ0n) is 7.41. The molecule has 3 nitrogen and oxygen atoms in total. The molecule has 0 spiro atoms. The summed E-state index contributed by atoms with van der Waals surface area (Å²) in [4.78, 5) is 0. The highest BCUT2D eigenvalue weighted by atomic mass is 16.5. The van der Waals surface area contributed by atoms with Crippen molar-refractivity contribution in [2.24, 2.45) is 0 Å². The van der Waals surface area contributed by atoms with Crippen molar-refractivity contribution < 1.29 is 14.9 Å². The van der Waals surface area contributed by atoms with Gasteiger partial charge in [-0.05, 0) is 0 Å². The lowest BCUT2D eigenvalue weighted by molar-refractivity contribution is 0.186. The van der Waals surface area contributed by atoms with Crippen molar-refractivity contribution in [2.75, 3.05) is 13.2 Å². The molecule has 0 aliphatic heterocycles. The molecule has 1 rings (SSSR count). The molecule has 0 saturated heterocycles. The summed E-state index contributed by atoms with van der Waals surface area (Å²) in [5.41, 5.74) is 0. The lowest BCUT2D eigenvalue weighted by Crippen LogP contribution is -1.85. The van der Waals surface area contributed by atoms with Crippen LogP contribution in [0.3, 0.4) is 0 Å². The zero-order chi connectivity index (χ0) is 9.66. The van der Waals surface area contributed by atoms with Crippen LogP contribution in [0.25, 0.3) is 0 Å². The maximum atomic E-state index is 7.62. The Hall–Kier alpha value is -0.800. The van der Waals surface area contributed by atoms with Crippen molar-refractivity contribution in [1.82, 2.24) is 0 Å². The van der Waals surface area contributed by atoms with E-state index in [9.17, 15) is 0 Å². The first-order valence-electron chi connectivity index (χ1n) is 3.92. The molecule has 1 saturated carbocycles. The quantitative estimate of drug-likeness (QED) is 0.636. The highest BCUT2D eigenvalue weighted by Gasteiger charge is 1.95. The largest absolute Gasteiger partial charge is 0.474 e. The molecule has 2 N–H and O–H groups in total. The third kappa shape index (κ3) is 60.4. The SMILES string of the molecule is C1CC1.C=COC=C.OCCO. The summed E-state index contributed by atoms with van der Waals surface area (Å²) in [5, 5.41) is 15.2. The number of hydrogen-bond donors (Lipinski definition) is 2. The molecule has 0 bridgehead atoms. The van der Waals surface area contributed by atoms with Gasteiger partial charge >= 0.3 is 0 Å². The minimum Gasteiger partial charge on any atom is -0.474 e. The molecule has 0 unspecified atom stereocenters. The van der Waals surface area contributed by atoms with E-state index in [0.717, 1.165) is 0 Å². The Balaban J connectivity index is 0. The summed E-state index contributed by atoms with van der Waals surface area (Å²) in [6.45, 7) is 6.26. The van der Waals surface area contributed by atoms with E-state index in [1.54, 1.807) is 0 Å². The average Bonchev–Trinajstić information content (AvgIpc) is 2.92. The van der Waals surface area contributed by atoms with Crippen molar-refractivity contribution in [3.8, 4) is 0 Å². The normalized spacial score (nSPS) is 10.8. The molecule has 0 aromatic heterocycles. The van der Waals surface area contributed by atoms with E-state index in [-0.39, 0.29) is 13.2 Å². The van der Waals surface area contributed by atoms with E-state index in [1.165, 1.54) is 31.8 Å². The number of hydrogen-bond acceptors (Lipinski definition) is 3. The second-order valence-corrected chi connectivity index (χ2v) is 1.98. The van der Waals surface area contributed by atoms with Gasteiger partial charge in [-0.2, -0.15) is 0 Å². The summed E-state index contributed by atoms with van der Waals surface area (Å²) in [6.07, 6.45) is 7.12. The Labute approximate surface area is 74.0 Å². The van der Waals surface area contributed by atoms with E-state index >= 15 is 0 Å². The van der Waals surface area contributed by atoms with Gasteiger partial charge in [0.2, 0.25) is 0 Å². The fourth-order valence-corrected chi connectivity index (χ4v) is 0.0680. The molecule has 0 aromatic rings. The first-order chi connectivity index (χ1) is 5.83. The number of aliphatic hydroxyl groups is 2. The van der Waals surface area contributed by atoms with Crippen LogP contribution in [0.4, 0.5) is 0 Å². The summed E-state index contributed by atoms with van der Waals surface area (Å²) in [6, 6.07) is 0. The van der Waals surface area contributed by atoms with E-state index < -0.39 is 0 Å². The highest BCUT2D eigenvalue weighted by molar-refractivity contribution is 4.57. The van der Waals surface area contributed by atoms with Crippen molar-refractivity contribution in [3.63, 3.8) is 0 Å². The Kier molecular flexibility index (Phi) is 19.1. The van der Waals surface area contributed by atoms with E-state index in [0.29, 0.717) is 0 Å². The molecule has 72 valence electrons. The lowest BCUT2D eigenvalue weighted by atomic mass is 10.8. The minimum atomic E-state index is -0.125. The molecule has 0 heterocycles. The summed E-state index contributed by atoms with van der Waals surface area (Å²) in [5.74, 6) is 0. The molecule has 12 heavy (non-hydrogen) atoms. The topological polar surface area (TPSA) is 49.7 Å². The van der Waals surface area contributed by atoms with Crippen molar-refractivity contribution in [2.45, 2.75) is 19.3 Å². The standard InChI is InChI=1S/C4H6O.C3H6.C2H6O2/c1-3-5-4-2;1-2-3-1;3-1-2-4/h3-4H,1-2H2;1-3H2;3-4H,1-2H2. The van der Waals surface area contributed by atoms with Crippen molar-refractivity contribution in [3.05, 3.63) is 25.7 Å². The molecule has 1 aliphatic rings. The molecule has 0 atom stereocenters. The van der Waals surface area contributed by atoms with Gasteiger partial charge in [0.25, 0.3) is 0 Å². The predicted octanol–water partition coefficient (Wildman–Crippen LogP) is 1.43. The van der Waals surface area contributed by atoms with Gasteiger partial charge in [0.1, 0.15) is 0 Å². The summed E-state index contributed by atoms with van der Waals surface area (Å²) >= 11 is 0. The van der Waals surface area contributed by atoms with Crippen LogP contribution < -0.4 is 0 Å². The summed E-state index contributed by atoms with van der Waals surface area (Å²) in [7, 11) is 0. The molecule has 0 radical (unpaired) electrons. The van der Waals surface area contributed by atoms with Gasteiger partial charge in [-0.1, -0.05) is 32.4 Å². The van der Waals surface area contributed by atoms with Crippen LogP contribution in [-0.4, -0.2) is 23.4 Å². The van der Waals surface area contributed by atoms with Crippen LogP contribution in [0.2, 0.25) is 0 Å². The fraction of sp³-hybridized carbons (Fsp3) is 0.556. The van der Waals surface area contributed by atoms with Gasteiger partial charge in [0.05, 0.1) is 25.7 Å². The Bertz CT molecular complexity index is 79.0. The van der Waals surface area contributed by atoms with Crippen LogP contribution in [0.15, 0.2) is 25.7 Å². The maximum absolute atomic E-state index is 7.62. The van der Waals surface area contributed by atoms with Crippen LogP contribution in [0, 0.1) is 0 Å². The third-order valence-electron chi connectivity index (χ3n) is 0.646. The lowest BCUT2D eigenvalue weighted by Gasteiger charge is -1.76. The van der Waals surface area contributed by atoms with Gasteiger partial charge in [-0.15, -0.1) is 0 Å². The molecule has 1 aliphatic carbocycles. The fourth-order valence-electron chi connectivity index (χ4n) is 0.0680. The van der Waals surface area contributed by atoms with E-state index in [1.807, 2.05) is 0 Å². The molecule has 1 fully saturated rings. The van der Waals surface area contributed by atoms with Crippen LogP contribution >= 0.6 is 0 Å². The second kappa shape index (κ2) is 16.7. The van der Waals surface area contributed by atoms with Gasteiger partial charge in [-0.3, -0.25) is 0 Å². The predicted molar refractivity (Wildman–Crippen MR) is 49.5 cm³/mol. The van der Waals surface area contributed by atoms with Crippen LogP contribution in [-0.2, 0) is 4.74 Å². The molecule has 3 heteroatoms. The first-order valence-corrected chi connectivity index (χ1v) is 3.92. The third-order valence-corrected chi connectivity index (χ3v) is 0.646. The van der Waals surface area contributed by atoms with Crippen LogP contribution in [0.1, 0.15) is 19.3 Å². The highest BCUT2D eigenvalue weighted by Crippen LogP contribution is 2.14. The molecular weight excluding hydrogens is 156 g/mol. The smallest absolute Gasteiger partial charge is 0.0829 e. The van der Waals surface area contributed by atoms with Gasteiger partial charge < -0.3 is 14.9 Å². The molecular formula is C9H18O3. The summed E-state index contributed by atoms with van der Waals surface area (Å²) < 4.78 is 4.36. The number of ether oxygens (including phenoxy) is 1. The second-order valence-electron chi connectivity index (χ2n) is 1.98. The molecule has 0 amide bonds. The number of rotatable bonds is 3. The van der Waals surface area contributed by atoms with Crippen LogP contribution in [0.5, 0.6) is 0 Å². The van der Waals surface area contributed by atoms with Gasteiger partial charge in [-0.25, -0.2) is 0 Å². The first kappa shape index (κ1) is 13.8. The van der Waals surface area contributed by atoms with E-state index in [4.69, 9.17) is 10.2 Å². The Morgan fingerprint density at radius 3 is 1.33 bits per heavy atom. The minimum absolute atomic E-state index is 0.125. The van der Waals surface area contributed by atoms with Crippen molar-refractivity contribution >= 4 is 0 Å². The monoisotopic (exact) mass is 174 g/mol. The zero-order valence-corrected chi connectivity index (χ0v) is 7.41. The average molecular weight is 174 g/mol. The Morgan fingerprint density at radius 1 is 1.00 bits per heavy atom.